The first kappa shape index (κ1) is 12.8. The fourth-order valence-corrected chi connectivity index (χ4v) is 2.08. The summed E-state index contributed by atoms with van der Waals surface area (Å²) >= 11 is 0. The predicted octanol–water partition coefficient (Wildman–Crippen LogP) is 1.75. The third kappa shape index (κ3) is 3.17. The van der Waals surface area contributed by atoms with Crippen molar-refractivity contribution in [1.29, 1.82) is 0 Å². The molecule has 0 saturated carbocycles. The molecule has 0 aliphatic carbocycles. The maximum Gasteiger partial charge on any atom is 0.138 e. The molecule has 0 spiro atoms. The molecule has 1 N–H and O–H groups in total. The van der Waals surface area contributed by atoms with Crippen molar-refractivity contribution in [3.8, 4) is 0 Å². The molecular weight excluding hydrogens is 224 g/mol. The van der Waals surface area contributed by atoms with E-state index in [0.717, 1.165) is 25.3 Å². The highest BCUT2D eigenvalue weighted by atomic mass is 15.3. The van der Waals surface area contributed by atoms with Gasteiger partial charge in [0.2, 0.25) is 0 Å². The molecule has 0 aliphatic rings. The Kier molecular flexibility index (Phi) is 4.47. The van der Waals surface area contributed by atoms with Crippen LogP contribution in [0.15, 0.2) is 36.7 Å². The number of hydrogen-bond donors (Lipinski definition) is 1. The van der Waals surface area contributed by atoms with Crippen LogP contribution in [0.25, 0.3) is 0 Å². The lowest BCUT2D eigenvalue weighted by Gasteiger charge is -2.17. The third-order valence-corrected chi connectivity index (χ3v) is 3.15. The molecule has 1 aromatic carbocycles. The summed E-state index contributed by atoms with van der Waals surface area (Å²) in [5, 5.41) is 7.55. The summed E-state index contributed by atoms with van der Waals surface area (Å²) in [6.45, 7) is 4.08. The van der Waals surface area contributed by atoms with Crippen LogP contribution in [0.5, 0.6) is 0 Å². The molecule has 0 radical (unpaired) electrons. The lowest BCUT2D eigenvalue weighted by atomic mass is 9.95. The Morgan fingerprint density at radius 1 is 1.28 bits per heavy atom. The fourth-order valence-electron chi connectivity index (χ4n) is 2.08. The topological polar surface area (TPSA) is 42.7 Å². The Balaban J connectivity index is 2.13. The summed E-state index contributed by atoms with van der Waals surface area (Å²) in [5.41, 5.74) is 1.35. The molecule has 1 aromatic heterocycles. The van der Waals surface area contributed by atoms with E-state index in [9.17, 15) is 0 Å². The maximum absolute atomic E-state index is 4.31. The second-order valence-electron chi connectivity index (χ2n) is 4.42. The highest BCUT2D eigenvalue weighted by Crippen LogP contribution is 2.18. The molecule has 2 rings (SSSR count). The zero-order valence-electron chi connectivity index (χ0n) is 11.0. The van der Waals surface area contributed by atoms with E-state index < -0.39 is 0 Å². The van der Waals surface area contributed by atoms with Gasteiger partial charge in [-0.05, 0) is 12.1 Å². The minimum absolute atomic E-state index is 0.439. The van der Waals surface area contributed by atoms with Gasteiger partial charge >= 0.3 is 0 Å². The van der Waals surface area contributed by atoms with Crippen LogP contribution in [0.3, 0.4) is 0 Å². The first-order chi connectivity index (χ1) is 8.81. The van der Waals surface area contributed by atoms with E-state index in [4.69, 9.17) is 0 Å². The van der Waals surface area contributed by atoms with Crippen molar-refractivity contribution in [2.45, 2.75) is 19.3 Å². The lowest BCUT2D eigenvalue weighted by Crippen LogP contribution is -2.23. The molecule has 18 heavy (non-hydrogen) atoms. The Labute approximate surface area is 108 Å². The van der Waals surface area contributed by atoms with Gasteiger partial charge in [0, 0.05) is 25.9 Å². The third-order valence-electron chi connectivity index (χ3n) is 3.15. The molecule has 1 atom stereocenters. The van der Waals surface area contributed by atoms with Crippen molar-refractivity contribution in [3.05, 3.63) is 48.0 Å². The zero-order chi connectivity index (χ0) is 12.8. The van der Waals surface area contributed by atoms with E-state index in [0.29, 0.717) is 5.92 Å². The molecule has 4 heteroatoms. The molecule has 2 aromatic rings. The van der Waals surface area contributed by atoms with Crippen LogP contribution in [0.1, 0.15) is 24.2 Å². The van der Waals surface area contributed by atoms with E-state index in [1.807, 2.05) is 11.7 Å². The number of hydrogen-bond acceptors (Lipinski definition) is 3. The van der Waals surface area contributed by atoms with E-state index in [1.54, 1.807) is 6.33 Å². The Morgan fingerprint density at radius 3 is 2.67 bits per heavy atom. The summed E-state index contributed by atoms with van der Waals surface area (Å²) in [7, 11) is 1.94. The Bertz CT molecular complexity index is 464. The highest BCUT2D eigenvalue weighted by molar-refractivity contribution is 5.21. The van der Waals surface area contributed by atoms with Gasteiger partial charge in [0.25, 0.3) is 0 Å². The minimum atomic E-state index is 0.439. The van der Waals surface area contributed by atoms with Gasteiger partial charge < -0.3 is 5.32 Å². The number of nitrogens with one attached hydrogen (secondary N) is 1. The van der Waals surface area contributed by atoms with Crippen molar-refractivity contribution in [2.75, 3.05) is 13.1 Å². The SMILES string of the molecule is CCNCC(Cc1ncnn1C)c1ccccc1. The number of aryl methyl sites for hydroxylation is 1. The number of benzene rings is 1. The molecule has 0 aliphatic heterocycles. The molecule has 0 saturated heterocycles. The summed E-state index contributed by atoms with van der Waals surface area (Å²) in [6.07, 6.45) is 2.53. The van der Waals surface area contributed by atoms with Crippen molar-refractivity contribution in [2.24, 2.45) is 7.05 Å². The minimum Gasteiger partial charge on any atom is -0.316 e. The predicted molar refractivity (Wildman–Crippen MR) is 72.4 cm³/mol. The summed E-state index contributed by atoms with van der Waals surface area (Å²) in [4.78, 5) is 4.31. The van der Waals surface area contributed by atoms with Crippen LogP contribution in [0, 0.1) is 0 Å². The number of nitrogens with zero attached hydrogens (tertiary/aromatic N) is 3. The van der Waals surface area contributed by atoms with Crippen molar-refractivity contribution >= 4 is 0 Å². The molecule has 0 fully saturated rings. The normalized spacial score (nSPS) is 12.6. The van der Waals surface area contributed by atoms with Gasteiger partial charge in [0.05, 0.1) is 0 Å². The smallest absolute Gasteiger partial charge is 0.138 e. The van der Waals surface area contributed by atoms with Crippen LogP contribution in [0.2, 0.25) is 0 Å². The quantitative estimate of drug-likeness (QED) is 0.842. The van der Waals surface area contributed by atoms with E-state index in [1.165, 1.54) is 5.56 Å². The van der Waals surface area contributed by atoms with Gasteiger partial charge in [0.15, 0.2) is 0 Å². The summed E-state index contributed by atoms with van der Waals surface area (Å²) in [6, 6.07) is 10.6. The monoisotopic (exact) mass is 244 g/mol. The van der Waals surface area contributed by atoms with E-state index in [-0.39, 0.29) is 0 Å². The van der Waals surface area contributed by atoms with Crippen molar-refractivity contribution in [3.63, 3.8) is 0 Å². The first-order valence-electron chi connectivity index (χ1n) is 6.39. The van der Waals surface area contributed by atoms with Gasteiger partial charge in [-0.25, -0.2) is 4.98 Å². The second kappa shape index (κ2) is 6.31. The van der Waals surface area contributed by atoms with Crippen LogP contribution < -0.4 is 5.32 Å². The van der Waals surface area contributed by atoms with Gasteiger partial charge in [-0.2, -0.15) is 5.10 Å². The van der Waals surface area contributed by atoms with Gasteiger partial charge in [-0.15, -0.1) is 0 Å². The Hall–Kier alpha value is -1.68. The molecule has 4 nitrogen and oxygen atoms in total. The average Bonchev–Trinajstić information content (AvgIpc) is 2.81. The molecule has 96 valence electrons. The van der Waals surface area contributed by atoms with Crippen molar-refractivity contribution < 1.29 is 0 Å². The standard InChI is InChI=1S/C14H20N4/c1-3-15-10-13(12-7-5-4-6-8-12)9-14-16-11-17-18(14)2/h4-8,11,13,15H,3,9-10H2,1-2H3. The zero-order valence-corrected chi connectivity index (χ0v) is 11.0. The second-order valence-corrected chi connectivity index (χ2v) is 4.42. The fraction of sp³-hybridized carbons (Fsp3) is 0.429. The molecule has 1 unspecified atom stereocenters. The average molecular weight is 244 g/mol. The largest absolute Gasteiger partial charge is 0.316 e. The van der Waals surface area contributed by atoms with Gasteiger partial charge in [0.1, 0.15) is 12.2 Å². The molecule has 0 amide bonds. The van der Waals surface area contributed by atoms with E-state index >= 15 is 0 Å². The maximum atomic E-state index is 4.31. The first-order valence-corrected chi connectivity index (χ1v) is 6.39. The van der Waals surface area contributed by atoms with Gasteiger partial charge in [-0.3, -0.25) is 4.68 Å². The van der Waals surface area contributed by atoms with Crippen LogP contribution in [-0.4, -0.2) is 27.9 Å². The number of likely N-dealkylation sites (N-methyl/N-ethyl adjacent to an activating group) is 1. The van der Waals surface area contributed by atoms with Crippen LogP contribution in [0.4, 0.5) is 0 Å². The molecule has 1 heterocycles. The summed E-state index contributed by atoms with van der Waals surface area (Å²) < 4.78 is 1.85. The van der Waals surface area contributed by atoms with E-state index in [2.05, 4.69) is 52.7 Å². The van der Waals surface area contributed by atoms with Gasteiger partial charge in [-0.1, -0.05) is 37.3 Å². The lowest BCUT2D eigenvalue weighted by molar-refractivity contribution is 0.563. The van der Waals surface area contributed by atoms with Crippen LogP contribution in [-0.2, 0) is 13.5 Å². The molecular formula is C14H20N4. The Morgan fingerprint density at radius 2 is 2.06 bits per heavy atom. The molecule has 0 bridgehead atoms. The highest BCUT2D eigenvalue weighted by Gasteiger charge is 2.14. The number of aromatic nitrogens is 3. The van der Waals surface area contributed by atoms with Crippen molar-refractivity contribution in [1.82, 2.24) is 20.1 Å². The summed E-state index contributed by atoms with van der Waals surface area (Å²) in [5.74, 6) is 1.47. The number of rotatable bonds is 6. The van der Waals surface area contributed by atoms with Crippen LogP contribution >= 0.6 is 0 Å².